The fourth-order valence-electron chi connectivity index (χ4n) is 2.53. The van der Waals surface area contributed by atoms with Gasteiger partial charge in [-0.25, -0.2) is 0 Å². The van der Waals surface area contributed by atoms with Gasteiger partial charge in [-0.05, 0) is 49.2 Å². The summed E-state index contributed by atoms with van der Waals surface area (Å²) < 4.78 is 7.04. The van der Waals surface area contributed by atoms with Crippen LogP contribution in [0.2, 0.25) is 0 Å². The number of hydrogen-bond donors (Lipinski definition) is 0. The van der Waals surface area contributed by atoms with Gasteiger partial charge >= 0.3 is 0 Å². The van der Waals surface area contributed by atoms with E-state index in [1.54, 1.807) is 0 Å². The lowest BCUT2D eigenvalue weighted by Gasteiger charge is -2.09. The molecule has 3 aromatic rings. The molecule has 0 radical (unpaired) electrons. The highest BCUT2D eigenvalue weighted by molar-refractivity contribution is 7.22. The number of ether oxygens (including phenoxy) is 1. The molecular weight excluding hydrogens is 302 g/mol. The second kappa shape index (κ2) is 7.73. The summed E-state index contributed by atoms with van der Waals surface area (Å²) in [5.41, 5.74) is 2.64. The van der Waals surface area contributed by atoms with Crippen LogP contribution in [0.3, 0.4) is 0 Å². The van der Waals surface area contributed by atoms with E-state index in [4.69, 9.17) is 4.74 Å². The van der Waals surface area contributed by atoms with Crippen LogP contribution >= 0.6 is 11.3 Å². The van der Waals surface area contributed by atoms with Crippen molar-refractivity contribution in [2.24, 2.45) is 0 Å². The van der Waals surface area contributed by atoms with Crippen molar-refractivity contribution in [3.63, 3.8) is 0 Å². The molecule has 1 heterocycles. The zero-order valence-electron chi connectivity index (χ0n) is 13.8. The van der Waals surface area contributed by atoms with Gasteiger partial charge in [0, 0.05) is 16.1 Å². The van der Waals surface area contributed by atoms with Crippen LogP contribution in [0.4, 0.5) is 0 Å². The number of rotatable bonds is 7. The topological polar surface area (TPSA) is 12.5 Å². The molecule has 0 aliphatic heterocycles. The van der Waals surface area contributed by atoms with Gasteiger partial charge in [-0.2, -0.15) is 0 Å². The fraction of sp³-hybridized carbons (Fsp3) is 0.300. The van der Waals surface area contributed by atoms with Gasteiger partial charge in [0.15, 0.2) is 0 Å². The van der Waals surface area contributed by atoms with E-state index >= 15 is 0 Å². The van der Waals surface area contributed by atoms with Gasteiger partial charge in [-0.3, -0.25) is 0 Å². The molecule has 0 aliphatic rings. The normalized spacial score (nSPS) is 11.4. The van der Waals surface area contributed by atoms with Crippen molar-refractivity contribution in [3.8, 4) is 10.4 Å². The molecule has 0 aliphatic carbocycles. The third kappa shape index (κ3) is 4.41. The van der Waals surface area contributed by atoms with Gasteiger partial charge in [0.25, 0.3) is 0 Å². The van der Waals surface area contributed by atoms with Crippen LogP contribution < -0.4 is 0 Å². The smallest absolute Gasteiger partial charge is 0.0593 e. The zero-order valence-corrected chi connectivity index (χ0v) is 14.6. The first kappa shape index (κ1) is 16.2. The summed E-state index contributed by atoms with van der Waals surface area (Å²) in [6.07, 6.45) is 0.972. The molecule has 0 bridgehead atoms. The van der Waals surface area contributed by atoms with Crippen LogP contribution in [0.15, 0.2) is 54.6 Å². The van der Waals surface area contributed by atoms with E-state index in [0.717, 1.165) is 26.2 Å². The zero-order chi connectivity index (χ0) is 16.1. The predicted molar refractivity (Wildman–Crippen MR) is 100 cm³/mol. The van der Waals surface area contributed by atoms with Gasteiger partial charge in [0.1, 0.15) is 0 Å². The standard InChI is InChI=1S/C20H23NOS/c1-21(2)11-13-22-12-10-16-8-9-19-18(14-16)15-20(23-19)17-6-4-3-5-7-17/h3-9,14-15H,10-13H2,1-2H3. The molecule has 0 unspecified atom stereocenters. The average molecular weight is 325 g/mol. The largest absolute Gasteiger partial charge is 0.380 e. The highest BCUT2D eigenvalue weighted by Crippen LogP contribution is 2.33. The number of nitrogens with zero attached hydrogens (tertiary/aromatic N) is 1. The third-order valence-corrected chi connectivity index (χ3v) is 5.02. The lowest BCUT2D eigenvalue weighted by Crippen LogP contribution is -2.18. The monoisotopic (exact) mass is 325 g/mol. The molecule has 0 fully saturated rings. The molecule has 0 spiro atoms. The van der Waals surface area contributed by atoms with Crippen LogP contribution in [-0.2, 0) is 11.2 Å². The summed E-state index contributed by atoms with van der Waals surface area (Å²) in [6, 6.07) is 19.6. The Morgan fingerprint density at radius 1 is 0.957 bits per heavy atom. The van der Waals surface area contributed by atoms with Crippen molar-refractivity contribution < 1.29 is 4.74 Å². The van der Waals surface area contributed by atoms with Crippen molar-refractivity contribution >= 4 is 21.4 Å². The molecule has 0 N–H and O–H groups in total. The summed E-state index contributed by atoms with van der Waals surface area (Å²) in [6.45, 7) is 2.56. The molecule has 2 aromatic carbocycles. The molecule has 0 amide bonds. The van der Waals surface area contributed by atoms with E-state index in [1.807, 2.05) is 11.3 Å². The summed E-state index contributed by atoms with van der Waals surface area (Å²) in [5.74, 6) is 0. The Hall–Kier alpha value is -1.68. The first-order chi connectivity index (χ1) is 11.2. The van der Waals surface area contributed by atoms with Crippen molar-refractivity contribution in [2.45, 2.75) is 6.42 Å². The number of hydrogen-bond acceptors (Lipinski definition) is 3. The first-order valence-electron chi connectivity index (χ1n) is 8.03. The fourth-order valence-corrected chi connectivity index (χ4v) is 3.58. The van der Waals surface area contributed by atoms with Gasteiger partial charge < -0.3 is 9.64 Å². The SMILES string of the molecule is CN(C)CCOCCc1ccc2sc(-c3ccccc3)cc2c1. The van der Waals surface area contributed by atoms with Crippen LogP contribution in [0, 0.1) is 0 Å². The molecular formula is C20H23NOS. The Morgan fingerprint density at radius 3 is 2.57 bits per heavy atom. The van der Waals surface area contributed by atoms with E-state index < -0.39 is 0 Å². The quantitative estimate of drug-likeness (QED) is 0.584. The Morgan fingerprint density at radius 2 is 1.78 bits per heavy atom. The maximum absolute atomic E-state index is 5.70. The van der Waals surface area contributed by atoms with Crippen LogP contribution in [0.25, 0.3) is 20.5 Å². The Balaban J connectivity index is 1.65. The Kier molecular flexibility index (Phi) is 5.44. The van der Waals surface area contributed by atoms with Crippen LogP contribution in [0.5, 0.6) is 0 Å². The minimum absolute atomic E-state index is 0.787. The summed E-state index contributed by atoms with van der Waals surface area (Å²) in [4.78, 5) is 3.47. The van der Waals surface area contributed by atoms with Crippen molar-refractivity contribution in [1.29, 1.82) is 0 Å². The maximum atomic E-state index is 5.70. The second-order valence-corrected chi connectivity index (χ2v) is 7.10. The summed E-state index contributed by atoms with van der Waals surface area (Å²) >= 11 is 1.86. The summed E-state index contributed by atoms with van der Waals surface area (Å²) in [7, 11) is 4.14. The van der Waals surface area contributed by atoms with Crippen LogP contribution in [0.1, 0.15) is 5.56 Å². The van der Waals surface area contributed by atoms with Crippen molar-refractivity contribution in [1.82, 2.24) is 4.90 Å². The molecule has 0 atom stereocenters. The molecule has 3 heteroatoms. The van der Waals surface area contributed by atoms with Crippen molar-refractivity contribution in [3.05, 3.63) is 60.2 Å². The first-order valence-corrected chi connectivity index (χ1v) is 8.84. The van der Waals surface area contributed by atoms with Crippen LogP contribution in [-0.4, -0.2) is 38.8 Å². The molecule has 23 heavy (non-hydrogen) atoms. The van der Waals surface area contributed by atoms with E-state index in [1.165, 1.54) is 26.1 Å². The minimum atomic E-state index is 0.787. The number of fused-ring (bicyclic) bond motifs is 1. The van der Waals surface area contributed by atoms with Gasteiger partial charge in [-0.15, -0.1) is 11.3 Å². The van der Waals surface area contributed by atoms with E-state index in [2.05, 4.69) is 73.6 Å². The molecule has 120 valence electrons. The van der Waals surface area contributed by atoms with Gasteiger partial charge in [0.05, 0.1) is 13.2 Å². The molecule has 1 aromatic heterocycles. The lowest BCUT2D eigenvalue weighted by atomic mass is 10.1. The molecule has 0 saturated heterocycles. The molecule has 2 nitrogen and oxygen atoms in total. The van der Waals surface area contributed by atoms with Gasteiger partial charge in [-0.1, -0.05) is 42.5 Å². The highest BCUT2D eigenvalue weighted by atomic mass is 32.1. The lowest BCUT2D eigenvalue weighted by molar-refractivity contribution is 0.120. The van der Waals surface area contributed by atoms with E-state index in [0.29, 0.717) is 0 Å². The Labute approximate surface area is 142 Å². The minimum Gasteiger partial charge on any atom is -0.380 e. The highest BCUT2D eigenvalue weighted by Gasteiger charge is 2.05. The summed E-state index contributed by atoms with van der Waals surface area (Å²) in [5, 5.41) is 1.33. The van der Waals surface area contributed by atoms with Gasteiger partial charge in [0.2, 0.25) is 0 Å². The predicted octanol–water partition coefficient (Wildman–Crippen LogP) is 4.69. The number of thiophene rings is 1. The maximum Gasteiger partial charge on any atom is 0.0593 e. The molecule has 0 saturated carbocycles. The molecule has 3 rings (SSSR count). The van der Waals surface area contributed by atoms with E-state index in [9.17, 15) is 0 Å². The van der Waals surface area contributed by atoms with Crippen molar-refractivity contribution in [2.75, 3.05) is 33.9 Å². The van der Waals surface area contributed by atoms with E-state index in [-0.39, 0.29) is 0 Å². The second-order valence-electron chi connectivity index (χ2n) is 6.01. The average Bonchev–Trinajstić information content (AvgIpc) is 2.98. The third-order valence-electron chi connectivity index (χ3n) is 3.86. The number of benzene rings is 2. The Bertz CT molecular complexity index is 749. The number of likely N-dealkylation sites (N-methyl/N-ethyl adjacent to an activating group) is 1.